The second-order valence-electron chi connectivity index (χ2n) is 7.79. The molecule has 0 bridgehead atoms. The van der Waals surface area contributed by atoms with Crippen molar-refractivity contribution in [1.82, 2.24) is 15.2 Å². The summed E-state index contributed by atoms with van der Waals surface area (Å²) in [6.07, 6.45) is -1.98. The van der Waals surface area contributed by atoms with Crippen LogP contribution in [0.1, 0.15) is 42.3 Å². The topological polar surface area (TPSA) is 45.2 Å². The first-order valence-electron chi connectivity index (χ1n) is 9.37. The Morgan fingerprint density at radius 2 is 1.86 bits per heavy atom. The Kier molecular flexibility index (Phi) is 4.45. The number of halogens is 3. The molecule has 1 aromatic heterocycles. The smallest absolute Gasteiger partial charge is 0.344 e. The fourth-order valence-electron chi connectivity index (χ4n) is 4.28. The van der Waals surface area contributed by atoms with Crippen molar-refractivity contribution in [2.24, 2.45) is 0 Å². The maximum absolute atomic E-state index is 12.8. The first-order valence-corrected chi connectivity index (χ1v) is 9.37. The van der Waals surface area contributed by atoms with Crippen molar-refractivity contribution in [3.8, 4) is 11.1 Å². The van der Waals surface area contributed by atoms with Crippen LogP contribution < -0.4 is 5.32 Å². The van der Waals surface area contributed by atoms with E-state index in [2.05, 4.69) is 10.3 Å². The summed E-state index contributed by atoms with van der Waals surface area (Å²) in [5.74, 6) is 0.130. The monoisotopic (exact) mass is 389 g/mol. The second kappa shape index (κ2) is 6.58. The molecule has 4 nitrogen and oxygen atoms in total. The molecule has 2 saturated heterocycles. The van der Waals surface area contributed by atoms with E-state index in [1.807, 2.05) is 26.1 Å². The molecule has 1 N–H and O–H groups in total. The van der Waals surface area contributed by atoms with Crippen molar-refractivity contribution < 1.29 is 18.0 Å². The minimum atomic E-state index is -4.35. The lowest BCUT2D eigenvalue weighted by atomic mass is 9.96. The van der Waals surface area contributed by atoms with Crippen LogP contribution in [0.5, 0.6) is 0 Å². The highest BCUT2D eigenvalue weighted by Gasteiger charge is 2.50. The molecule has 0 aliphatic carbocycles. The van der Waals surface area contributed by atoms with Gasteiger partial charge in [-0.2, -0.15) is 13.2 Å². The second-order valence-corrected chi connectivity index (χ2v) is 7.79. The Morgan fingerprint density at radius 3 is 2.46 bits per heavy atom. The van der Waals surface area contributed by atoms with Gasteiger partial charge in [-0.05, 0) is 61.6 Å². The molecule has 3 heterocycles. The van der Waals surface area contributed by atoms with Gasteiger partial charge < -0.3 is 4.90 Å². The molecule has 1 spiro atoms. The summed E-state index contributed by atoms with van der Waals surface area (Å²) in [5.41, 5.74) is 2.00. The van der Waals surface area contributed by atoms with Gasteiger partial charge in [0, 0.05) is 19.3 Å². The number of likely N-dealkylation sites (N-methyl/N-ethyl adjacent to an activating group) is 1. The van der Waals surface area contributed by atoms with Crippen molar-refractivity contribution in [1.29, 1.82) is 0 Å². The number of amides is 1. The van der Waals surface area contributed by atoms with Crippen LogP contribution >= 0.6 is 0 Å². The number of pyridine rings is 1. The Labute approximate surface area is 161 Å². The number of likely N-dealkylation sites (tertiary alicyclic amines) is 1. The third-order valence-electron chi connectivity index (χ3n) is 5.82. The van der Waals surface area contributed by atoms with Crippen LogP contribution in [0.25, 0.3) is 11.1 Å². The van der Waals surface area contributed by atoms with Gasteiger partial charge in [-0.25, -0.2) is 0 Å². The van der Waals surface area contributed by atoms with Crippen molar-refractivity contribution in [2.75, 3.05) is 13.6 Å². The number of aryl methyl sites for hydroxylation is 1. The number of alkyl halides is 3. The summed E-state index contributed by atoms with van der Waals surface area (Å²) in [4.78, 5) is 18.9. The Bertz CT molecular complexity index is 910. The van der Waals surface area contributed by atoms with E-state index in [1.165, 1.54) is 12.1 Å². The zero-order valence-corrected chi connectivity index (χ0v) is 15.8. The molecule has 28 heavy (non-hydrogen) atoms. The van der Waals surface area contributed by atoms with Crippen LogP contribution in [0.3, 0.4) is 0 Å². The van der Waals surface area contributed by atoms with Crippen LogP contribution in [0, 0.1) is 6.92 Å². The maximum atomic E-state index is 12.8. The molecule has 7 heteroatoms. The molecular weight excluding hydrogens is 367 g/mol. The first kappa shape index (κ1) is 18.9. The van der Waals surface area contributed by atoms with E-state index in [-0.39, 0.29) is 11.9 Å². The van der Waals surface area contributed by atoms with Gasteiger partial charge in [0.15, 0.2) is 0 Å². The summed E-state index contributed by atoms with van der Waals surface area (Å²) in [6.45, 7) is 2.62. The van der Waals surface area contributed by atoms with E-state index in [0.29, 0.717) is 5.56 Å². The average molecular weight is 389 g/mol. The zero-order chi connectivity index (χ0) is 20.1. The summed E-state index contributed by atoms with van der Waals surface area (Å²) in [5, 5.41) is 3.50. The fourth-order valence-corrected chi connectivity index (χ4v) is 4.28. The lowest BCUT2D eigenvalue weighted by Gasteiger charge is -2.23. The van der Waals surface area contributed by atoms with Crippen molar-refractivity contribution in [3.05, 3.63) is 53.3 Å². The Hall–Kier alpha value is -2.41. The molecule has 2 aliphatic rings. The summed E-state index contributed by atoms with van der Waals surface area (Å²) < 4.78 is 38.4. The van der Waals surface area contributed by atoms with Gasteiger partial charge in [-0.3, -0.25) is 15.1 Å². The average Bonchev–Trinajstić information content (AvgIpc) is 3.21. The normalized spacial score (nSPS) is 25.1. The molecule has 0 radical (unpaired) electrons. The lowest BCUT2D eigenvalue weighted by molar-refractivity contribution is -0.137. The summed E-state index contributed by atoms with van der Waals surface area (Å²) in [7, 11) is 1.82. The van der Waals surface area contributed by atoms with Crippen LogP contribution in [0.4, 0.5) is 13.2 Å². The van der Waals surface area contributed by atoms with E-state index >= 15 is 0 Å². The molecule has 2 fully saturated rings. The van der Waals surface area contributed by atoms with E-state index in [4.69, 9.17) is 0 Å². The first-order chi connectivity index (χ1) is 13.2. The highest BCUT2D eigenvalue weighted by molar-refractivity contribution is 5.88. The van der Waals surface area contributed by atoms with Gasteiger partial charge in [0.2, 0.25) is 5.91 Å². The van der Waals surface area contributed by atoms with Gasteiger partial charge in [0.05, 0.1) is 17.3 Å². The van der Waals surface area contributed by atoms with Crippen molar-refractivity contribution >= 4 is 5.91 Å². The fraction of sp³-hybridized carbons (Fsp3) is 0.429. The number of aromatic nitrogens is 1. The predicted molar refractivity (Wildman–Crippen MR) is 99.5 cm³/mol. The largest absolute Gasteiger partial charge is 0.416 e. The van der Waals surface area contributed by atoms with Crippen LogP contribution in [-0.4, -0.2) is 34.9 Å². The van der Waals surface area contributed by atoms with Crippen molar-refractivity contribution in [2.45, 2.75) is 43.9 Å². The molecule has 2 aliphatic heterocycles. The van der Waals surface area contributed by atoms with Gasteiger partial charge in [0.1, 0.15) is 5.54 Å². The minimum absolute atomic E-state index is 0.0384. The Balaban J connectivity index is 1.61. The maximum Gasteiger partial charge on any atom is 0.416 e. The van der Waals surface area contributed by atoms with Gasteiger partial charge in [-0.15, -0.1) is 0 Å². The van der Waals surface area contributed by atoms with E-state index in [9.17, 15) is 18.0 Å². The lowest BCUT2D eigenvalue weighted by Crippen LogP contribution is -2.47. The van der Waals surface area contributed by atoms with Crippen LogP contribution in [-0.2, 0) is 11.0 Å². The number of nitrogens with zero attached hydrogens (tertiary/aromatic N) is 2. The number of hydrogen-bond donors (Lipinski definition) is 1. The summed E-state index contributed by atoms with van der Waals surface area (Å²) >= 11 is 0. The van der Waals surface area contributed by atoms with Gasteiger partial charge in [0.25, 0.3) is 0 Å². The van der Waals surface area contributed by atoms with Gasteiger partial charge in [-0.1, -0.05) is 12.1 Å². The number of nitrogens with one attached hydrogen (secondary N) is 1. The standard InChI is InChI=1S/C21H22F3N3O/c1-13-11-15(14-3-5-16(6-4-14)21(22,23)24)12-18(25-13)17-7-8-20(26-17)9-10-27(2)19(20)28/h3-6,11-12,17,26H,7-10H2,1-2H3/t17-,20+/m0/s1. The number of benzene rings is 1. The van der Waals surface area contributed by atoms with Crippen molar-refractivity contribution in [3.63, 3.8) is 0 Å². The third kappa shape index (κ3) is 3.28. The van der Waals surface area contributed by atoms with E-state index < -0.39 is 17.3 Å². The molecule has 148 valence electrons. The van der Waals surface area contributed by atoms with E-state index in [1.54, 1.807) is 4.90 Å². The molecular formula is C21H22F3N3O. The van der Waals surface area contributed by atoms with Crippen LogP contribution in [0.15, 0.2) is 36.4 Å². The molecule has 1 amide bonds. The molecule has 4 rings (SSSR count). The molecule has 2 aromatic rings. The third-order valence-corrected chi connectivity index (χ3v) is 5.82. The Morgan fingerprint density at radius 1 is 1.14 bits per heavy atom. The number of carbonyl (C=O) groups is 1. The molecule has 0 saturated carbocycles. The highest BCUT2D eigenvalue weighted by atomic mass is 19.4. The molecule has 1 aromatic carbocycles. The predicted octanol–water partition coefficient (Wildman–Crippen LogP) is 4.10. The SMILES string of the molecule is Cc1cc(-c2ccc(C(F)(F)F)cc2)cc([C@@H]2CC[C@]3(CCN(C)C3=O)N2)n1. The number of rotatable bonds is 2. The highest BCUT2D eigenvalue weighted by Crippen LogP contribution is 2.39. The van der Waals surface area contributed by atoms with Crippen LogP contribution in [0.2, 0.25) is 0 Å². The summed E-state index contributed by atoms with van der Waals surface area (Å²) in [6, 6.07) is 8.91. The minimum Gasteiger partial charge on any atom is -0.344 e. The van der Waals surface area contributed by atoms with Gasteiger partial charge >= 0.3 is 6.18 Å². The number of carbonyl (C=O) groups excluding carboxylic acids is 1. The quantitative estimate of drug-likeness (QED) is 0.841. The molecule has 0 unspecified atom stereocenters. The molecule has 2 atom stereocenters. The van der Waals surface area contributed by atoms with E-state index in [0.717, 1.165) is 54.9 Å². The zero-order valence-electron chi connectivity index (χ0n) is 15.8. The number of hydrogen-bond acceptors (Lipinski definition) is 3.